The average Bonchev–Trinajstić information content (AvgIpc) is 2.92. The zero-order valence-corrected chi connectivity index (χ0v) is 21.2. The van der Waals surface area contributed by atoms with E-state index in [9.17, 15) is 31.1 Å². The number of carboxylic acid groups (broad SMARTS) is 2. The molecule has 0 saturated heterocycles. The predicted octanol–water partition coefficient (Wildman–Crippen LogP) is 4.14. The third-order valence-corrected chi connectivity index (χ3v) is 4.71. The number of aliphatic carboxylic acids is 2. The topological polar surface area (TPSA) is 180 Å². The second-order valence-corrected chi connectivity index (χ2v) is 7.76. The summed E-state index contributed by atoms with van der Waals surface area (Å²) in [7, 11) is 0. The summed E-state index contributed by atoms with van der Waals surface area (Å²) in [6, 6.07) is 22.9. The van der Waals surface area contributed by atoms with Crippen LogP contribution in [0.1, 0.15) is 27.0 Å². The van der Waals surface area contributed by atoms with Gasteiger partial charge in [0.1, 0.15) is 0 Å². The summed E-state index contributed by atoms with van der Waals surface area (Å²) in [5.41, 5.74) is 5.08. The highest BCUT2D eigenvalue weighted by Crippen LogP contribution is 2.24. The van der Waals surface area contributed by atoms with E-state index in [2.05, 4.69) is 15.5 Å². The van der Waals surface area contributed by atoms with Crippen LogP contribution in [0.25, 0.3) is 11.1 Å². The van der Waals surface area contributed by atoms with E-state index in [-0.39, 0.29) is 5.91 Å². The van der Waals surface area contributed by atoms with Gasteiger partial charge < -0.3 is 27.2 Å². The number of hydrogen-bond donors (Lipinski definition) is 5. The zero-order chi connectivity index (χ0) is 31.9. The van der Waals surface area contributed by atoms with Gasteiger partial charge in [-0.25, -0.2) is 9.59 Å². The molecule has 0 heterocycles. The Balaban J connectivity index is 0.000000522. The molecule has 0 aliphatic carbocycles. The molecule has 0 aliphatic rings. The van der Waals surface area contributed by atoms with Gasteiger partial charge in [-0.3, -0.25) is 4.79 Å². The zero-order valence-electron chi connectivity index (χ0n) is 21.2. The molecule has 10 nitrogen and oxygen atoms in total. The number of carbonyl (C=O) groups is 3. The first kappa shape index (κ1) is 34.6. The Morgan fingerprint density at radius 1 is 0.738 bits per heavy atom. The number of nitrogens with zero attached hydrogens (tertiary/aromatic N) is 2. The van der Waals surface area contributed by atoms with Crippen molar-refractivity contribution < 1.29 is 50.9 Å². The molecule has 7 N–H and O–H groups in total. The van der Waals surface area contributed by atoms with Crippen LogP contribution in [0, 0.1) is 0 Å². The molecule has 1 amide bonds. The SMILES string of the molecule is NN=Cc1cccc(CNC(=O)c2ccccc2-c2cccc(C=NN)c2)c1.O=C(O)C(F)(F)F.O=C(O)C(F)(F)F. The standard InChI is InChI=1S/C22H21N5O.2C2HF3O2/c23-26-14-17-6-3-5-16(11-17)13-25-22(28)21-10-2-1-9-20(21)19-8-4-7-18(12-19)15-27-24;2*3-2(4,5)1(6)7/h1-12,14-15H,13,23-24H2,(H,25,28);2*(H,6,7). The molecule has 0 fully saturated rings. The van der Waals surface area contributed by atoms with E-state index in [0.717, 1.165) is 27.8 Å². The molecule has 3 rings (SSSR count). The Morgan fingerprint density at radius 3 is 1.71 bits per heavy atom. The molecule has 42 heavy (non-hydrogen) atoms. The van der Waals surface area contributed by atoms with Crippen molar-refractivity contribution in [1.82, 2.24) is 5.32 Å². The Labute approximate surface area is 234 Å². The molecular formula is C26H23F6N5O5. The lowest BCUT2D eigenvalue weighted by molar-refractivity contribution is -0.193. The third-order valence-electron chi connectivity index (χ3n) is 4.71. The molecule has 0 saturated carbocycles. The number of benzene rings is 3. The minimum Gasteiger partial charge on any atom is -0.475 e. The van der Waals surface area contributed by atoms with Crippen molar-refractivity contribution in [2.24, 2.45) is 21.9 Å². The van der Waals surface area contributed by atoms with E-state index >= 15 is 0 Å². The van der Waals surface area contributed by atoms with Crippen molar-refractivity contribution in [1.29, 1.82) is 0 Å². The van der Waals surface area contributed by atoms with E-state index in [1.165, 1.54) is 0 Å². The fraction of sp³-hybridized carbons (Fsp3) is 0.115. The quantitative estimate of drug-likeness (QED) is 0.122. The second kappa shape index (κ2) is 16.0. The first-order valence-electron chi connectivity index (χ1n) is 11.2. The number of nitrogens with one attached hydrogen (secondary N) is 1. The minimum atomic E-state index is -5.08. The summed E-state index contributed by atoms with van der Waals surface area (Å²) < 4.78 is 63.5. The van der Waals surface area contributed by atoms with Crippen molar-refractivity contribution in [3.05, 3.63) is 95.1 Å². The maximum Gasteiger partial charge on any atom is 0.490 e. The van der Waals surface area contributed by atoms with Crippen LogP contribution in [0.2, 0.25) is 0 Å². The Bertz CT molecular complexity index is 1400. The smallest absolute Gasteiger partial charge is 0.475 e. The Hall–Kier alpha value is -5.41. The molecule has 224 valence electrons. The van der Waals surface area contributed by atoms with Gasteiger partial charge in [-0.2, -0.15) is 36.5 Å². The van der Waals surface area contributed by atoms with Gasteiger partial charge in [-0.05, 0) is 46.0 Å². The van der Waals surface area contributed by atoms with Crippen molar-refractivity contribution in [3.63, 3.8) is 0 Å². The van der Waals surface area contributed by atoms with E-state index in [0.29, 0.717) is 12.1 Å². The van der Waals surface area contributed by atoms with Gasteiger partial charge in [0.05, 0.1) is 12.4 Å². The first-order chi connectivity index (χ1) is 19.6. The fourth-order valence-electron chi connectivity index (χ4n) is 2.95. The number of nitrogens with two attached hydrogens (primary N) is 2. The summed E-state index contributed by atoms with van der Waals surface area (Å²) in [6.45, 7) is 0.402. The summed E-state index contributed by atoms with van der Waals surface area (Å²) in [4.78, 5) is 30.6. The van der Waals surface area contributed by atoms with E-state index in [1.54, 1.807) is 12.4 Å². The summed E-state index contributed by atoms with van der Waals surface area (Å²) in [6.07, 6.45) is -7.03. The van der Waals surface area contributed by atoms with Crippen LogP contribution >= 0.6 is 0 Å². The number of amides is 1. The maximum absolute atomic E-state index is 12.8. The third kappa shape index (κ3) is 12.2. The molecule has 0 aliphatic heterocycles. The Kier molecular flexibility index (Phi) is 13.2. The molecule has 0 bridgehead atoms. The highest BCUT2D eigenvalue weighted by atomic mass is 19.4. The van der Waals surface area contributed by atoms with Gasteiger partial charge >= 0.3 is 24.3 Å². The summed E-state index contributed by atoms with van der Waals surface area (Å²) in [5, 5.41) is 24.3. The van der Waals surface area contributed by atoms with Crippen LogP contribution in [0.4, 0.5) is 26.3 Å². The van der Waals surface area contributed by atoms with Crippen LogP contribution in [0.5, 0.6) is 0 Å². The second-order valence-electron chi connectivity index (χ2n) is 7.76. The van der Waals surface area contributed by atoms with Crippen LogP contribution in [-0.4, -0.2) is 52.8 Å². The molecule has 3 aromatic carbocycles. The largest absolute Gasteiger partial charge is 0.490 e. The monoisotopic (exact) mass is 599 g/mol. The lowest BCUT2D eigenvalue weighted by Crippen LogP contribution is -2.23. The predicted molar refractivity (Wildman–Crippen MR) is 140 cm³/mol. The molecular weight excluding hydrogens is 576 g/mol. The van der Waals surface area contributed by atoms with Crippen molar-refractivity contribution in [3.8, 4) is 11.1 Å². The van der Waals surface area contributed by atoms with E-state index < -0.39 is 24.3 Å². The Morgan fingerprint density at radius 2 is 1.21 bits per heavy atom. The number of alkyl halides is 6. The van der Waals surface area contributed by atoms with E-state index in [1.807, 2.05) is 72.8 Å². The van der Waals surface area contributed by atoms with Gasteiger partial charge in [0, 0.05) is 12.1 Å². The lowest BCUT2D eigenvalue weighted by Gasteiger charge is -2.11. The molecule has 0 unspecified atom stereocenters. The van der Waals surface area contributed by atoms with Gasteiger partial charge in [0.25, 0.3) is 5.91 Å². The normalized spacial score (nSPS) is 11.2. The summed E-state index contributed by atoms with van der Waals surface area (Å²) in [5.74, 6) is 4.78. The van der Waals surface area contributed by atoms with Crippen molar-refractivity contribution in [2.75, 3.05) is 0 Å². The fourth-order valence-corrected chi connectivity index (χ4v) is 2.95. The first-order valence-corrected chi connectivity index (χ1v) is 11.2. The highest BCUT2D eigenvalue weighted by molar-refractivity contribution is 6.01. The van der Waals surface area contributed by atoms with Crippen molar-refractivity contribution in [2.45, 2.75) is 18.9 Å². The lowest BCUT2D eigenvalue weighted by atomic mass is 9.97. The van der Waals surface area contributed by atoms with Crippen LogP contribution < -0.4 is 17.0 Å². The molecule has 0 spiro atoms. The van der Waals surface area contributed by atoms with Gasteiger partial charge in [0.2, 0.25) is 0 Å². The molecule has 0 atom stereocenters. The average molecular weight is 599 g/mol. The molecule has 0 radical (unpaired) electrons. The van der Waals surface area contributed by atoms with Gasteiger partial charge in [-0.15, -0.1) is 0 Å². The minimum absolute atomic E-state index is 0.147. The van der Waals surface area contributed by atoms with Crippen LogP contribution in [-0.2, 0) is 16.1 Å². The van der Waals surface area contributed by atoms with Crippen LogP contribution in [0.3, 0.4) is 0 Å². The van der Waals surface area contributed by atoms with Crippen LogP contribution in [0.15, 0.2) is 83.0 Å². The number of carboxylic acids is 2. The number of halogens is 6. The number of hydrogen-bond acceptors (Lipinski definition) is 7. The maximum atomic E-state index is 12.8. The summed E-state index contributed by atoms with van der Waals surface area (Å²) >= 11 is 0. The molecule has 3 aromatic rings. The van der Waals surface area contributed by atoms with Gasteiger partial charge in [-0.1, -0.05) is 54.6 Å². The number of rotatable bonds is 6. The molecule has 0 aromatic heterocycles. The van der Waals surface area contributed by atoms with Gasteiger partial charge in [0.15, 0.2) is 0 Å². The highest BCUT2D eigenvalue weighted by Gasteiger charge is 2.38. The van der Waals surface area contributed by atoms with E-state index in [4.69, 9.17) is 31.5 Å². The number of carbonyl (C=O) groups excluding carboxylic acids is 1. The number of hydrazone groups is 2. The molecule has 16 heteroatoms. The van der Waals surface area contributed by atoms with Crippen molar-refractivity contribution >= 4 is 30.3 Å².